The second-order valence-corrected chi connectivity index (χ2v) is 5.59. The lowest BCUT2D eigenvalue weighted by molar-refractivity contribution is 0.166. The van der Waals surface area contributed by atoms with Gasteiger partial charge in [-0.1, -0.05) is 6.92 Å². The van der Waals surface area contributed by atoms with Crippen LogP contribution in [-0.4, -0.2) is 14.9 Å². The maximum atomic E-state index is 10.3. The van der Waals surface area contributed by atoms with E-state index in [1.807, 2.05) is 16.1 Å². The Bertz CT molecular complexity index is 467. The number of aliphatic hydroxyl groups is 1. The van der Waals surface area contributed by atoms with Crippen LogP contribution in [0.2, 0.25) is 0 Å². The van der Waals surface area contributed by atoms with Gasteiger partial charge in [-0.25, -0.2) is 0 Å². The molecular weight excluding hydrogens is 300 g/mol. The summed E-state index contributed by atoms with van der Waals surface area (Å²) in [5.74, 6) is 0. The predicted octanol–water partition coefficient (Wildman–Crippen LogP) is 3.39. The standard InChI is InChI=1S/C12H15BrN2OS/c1-2-4-15-12(10(13)7-14-15)11(16)6-9-3-5-17-8-9/h3,5,7-8,11,16H,2,4,6H2,1H3. The molecule has 0 saturated carbocycles. The quantitative estimate of drug-likeness (QED) is 0.918. The average molecular weight is 315 g/mol. The van der Waals surface area contributed by atoms with Gasteiger partial charge >= 0.3 is 0 Å². The number of halogens is 1. The third-order valence-electron chi connectivity index (χ3n) is 2.59. The Morgan fingerprint density at radius 3 is 3.06 bits per heavy atom. The van der Waals surface area contributed by atoms with E-state index in [0.29, 0.717) is 6.42 Å². The zero-order chi connectivity index (χ0) is 12.3. The van der Waals surface area contributed by atoms with Crippen molar-refractivity contribution in [3.05, 3.63) is 38.8 Å². The molecule has 0 aromatic carbocycles. The number of rotatable bonds is 5. The van der Waals surface area contributed by atoms with Crippen LogP contribution in [0, 0.1) is 0 Å². The summed E-state index contributed by atoms with van der Waals surface area (Å²) >= 11 is 5.10. The molecule has 1 atom stereocenters. The molecular formula is C12H15BrN2OS. The van der Waals surface area contributed by atoms with Crippen LogP contribution >= 0.6 is 27.3 Å². The summed E-state index contributed by atoms with van der Waals surface area (Å²) in [4.78, 5) is 0. The Hall–Kier alpha value is -0.650. The van der Waals surface area contributed by atoms with Crippen molar-refractivity contribution in [2.45, 2.75) is 32.4 Å². The monoisotopic (exact) mass is 314 g/mol. The topological polar surface area (TPSA) is 38.0 Å². The molecule has 0 fully saturated rings. The number of hydrogen-bond acceptors (Lipinski definition) is 3. The molecule has 0 aliphatic rings. The number of hydrogen-bond donors (Lipinski definition) is 1. The number of aliphatic hydroxyl groups excluding tert-OH is 1. The first kappa shape index (κ1) is 12.8. The summed E-state index contributed by atoms with van der Waals surface area (Å²) in [6.45, 7) is 2.94. The highest BCUT2D eigenvalue weighted by Gasteiger charge is 2.18. The van der Waals surface area contributed by atoms with Gasteiger partial charge in [0.05, 0.1) is 16.4 Å². The third-order valence-corrected chi connectivity index (χ3v) is 3.94. The Balaban J connectivity index is 2.17. The Morgan fingerprint density at radius 2 is 2.41 bits per heavy atom. The largest absolute Gasteiger partial charge is 0.386 e. The van der Waals surface area contributed by atoms with Gasteiger partial charge in [-0.05, 0) is 44.7 Å². The highest BCUT2D eigenvalue weighted by molar-refractivity contribution is 9.10. The Labute approximate surface area is 113 Å². The van der Waals surface area contributed by atoms with Crippen molar-refractivity contribution in [3.63, 3.8) is 0 Å². The lowest BCUT2D eigenvalue weighted by Crippen LogP contribution is -2.11. The number of thiophene rings is 1. The van der Waals surface area contributed by atoms with E-state index in [1.165, 1.54) is 5.56 Å². The van der Waals surface area contributed by atoms with Crippen molar-refractivity contribution >= 4 is 27.3 Å². The molecule has 2 aromatic rings. The van der Waals surface area contributed by atoms with Crippen molar-refractivity contribution in [2.75, 3.05) is 0 Å². The van der Waals surface area contributed by atoms with E-state index in [9.17, 15) is 5.11 Å². The van der Waals surface area contributed by atoms with Crippen LogP contribution in [0.25, 0.3) is 0 Å². The Kier molecular flexibility index (Phi) is 4.36. The maximum Gasteiger partial charge on any atom is 0.101 e. The minimum absolute atomic E-state index is 0.506. The molecule has 0 saturated heterocycles. The van der Waals surface area contributed by atoms with Gasteiger partial charge in [0.25, 0.3) is 0 Å². The lowest BCUT2D eigenvalue weighted by Gasteiger charge is -2.13. The summed E-state index contributed by atoms with van der Waals surface area (Å²) in [7, 11) is 0. The van der Waals surface area contributed by atoms with E-state index >= 15 is 0 Å². The van der Waals surface area contributed by atoms with Gasteiger partial charge < -0.3 is 5.11 Å². The molecule has 0 aliphatic carbocycles. The van der Waals surface area contributed by atoms with Gasteiger partial charge in [-0.2, -0.15) is 16.4 Å². The van der Waals surface area contributed by atoms with Crippen molar-refractivity contribution < 1.29 is 5.11 Å². The normalized spacial score (nSPS) is 12.9. The molecule has 3 nitrogen and oxygen atoms in total. The van der Waals surface area contributed by atoms with Gasteiger partial charge in [0.1, 0.15) is 6.10 Å². The second-order valence-electron chi connectivity index (χ2n) is 3.95. The first-order valence-corrected chi connectivity index (χ1v) is 7.36. The molecule has 1 unspecified atom stereocenters. The van der Waals surface area contributed by atoms with Crippen LogP contribution in [0.1, 0.15) is 30.7 Å². The number of nitrogens with zero attached hydrogens (tertiary/aromatic N) is 2. The van der Waals surface area contributed by atoms with Gasteiger partial charge in [0.2, 0.25) is 0 Å². The lowest BCUT2D eigenvalue weighted by atomic mass is 10.1. The van der Waals surface area contributed by atoms with Gasteiger partial charge in [-0.15, -0.1) is 0 Å². The minimum atomic E-state index is -0.506. The van der Waals surface area contributed by atoms with E-state index in [0.717, 1.165) is 23.1 Å². The van der Waals surface area contributed by atoms with Crippen LogP contribution in [0.4, 0.5) is 0 Å². The van der Waals surface area contributed by atoms with Gasteiger partial charge in [0.15, 0.2) is 0 Å². The first-order chi connectivity index (χ1) is 8.22. The summed E-state index contributed by atoms with van der Waals surface area (Å²) in [5, 5.41) is 18.6. The molecule has 0 aliphatic heterocycles. The highest BCUT2D eigenvalue weighted by atomic mass is 79.9. The SMILES string of the molecule is CCCn1ncc(Br)c1C(O)Cc1ccsc1. The minimum Gasteiger partial charge on any atom is -0.386 e. The van der Waals surface area contributed by atoms with E-state index in [-0.39, 0.29) is 0 Å². The number of aryl methyl sites for hydroxylation is 1. The third kappa shape index (κ3) is 2.97. The van der Waals surface area contributed by atoms with Gasteiger partial charge in [-0.3, -0.25) is 4.68 Å². The molecule has 0 amide bonds. The van der Waals surface area contributed by atoms with E-state index < -0.39 is 6.10 Å². The van der Waals surface area contributed by atoms with E-state index in [2.05, 4.69) is 33.3 Å². The molecule has 2 aromatic heterocycles. The summed E-state index contributed by atoms with van der Waals surface area (Å²) in [6, 6.07) is 2.04. The fraction of sp³-hybridized carbons (Fsp3) is 0.417. The number of aromatic nitrogens is 2. The Morgan fingerprint density at radius 1 is 1.59 bits per heavy atom. The maximum absolute atomic E-state index is 10.3. The van der Waals surface area contributed by atoms with Crippen LogP contribution < -0.4 is 0 Å². The van der Waals surface area contributed by atoms with Crippen LogP contribution in [0.3, 0.4) is 0 Å². The molecule has 0 spiro atoms. The predicted molar refractivity (Wildman–Crippen MR) is 73.2 cm³/mol. The van der Waals surface area contributed by atoms with Gasteiger partial charge in [0, 0.05) is 13.0 Å². The fourth-order valence-corrected chi connectivity index (χ4v) is 3.06. The van der Waals surface area contributed by atoms with Crippen molar-refractivity contribution in [1.29, 1.82) is 0 Å². The van der Waals surface area contributed by atoms with Crippen molar-refractivity contribution in [3.8, 4) is 0 Å². The van der Waals surface area contributed by atoms with Crippen molar-refractivity contribution in [1.82, 2.24) is 9.78 Å². The van der Waals surface area contributed by atoms with Crippen LogP contribution in [0.5, 0.6) is 0 Å². The molecule has 17 heavy (non-hydrogen) atoms. The second kappa shape index (κ2) is 5.80. The molecule has 0 radical (unpaired) electrons. The fourth-order valence-electron chi connectivity index (χ4n) is 1.82. The highest BCUT2D eigenvalue weighted by Crippen LogP contribution is 2.26. The molecule has 1 N–H and O–H groups in total. The van der Waals surface area contributed by atoms with Crippen molar-refractivity contribution in [2.24, 2.45) is 0 Å². The first-order valence-electron chi connectivity index (χ1n) is 5.62. The molecule has 2 rings (SSSR count). The zero-order valence-electron chi connectivity index (χ0n) is 9.64. The molecule has 2 heterocycles. The molecule has 5 heteroatoms. The smallest absolute Gasteiger partial charge is 0.101 e. The summed E-state index contributed by atoms with van der Waals surface area (Å²) in [5.41, 5.74) is 2.04. The molecule has 92 valence electrons. The van der Waals surface area contributed by atoms with Crippen LogP contribution in [0.15, 0.2) is 27.5 Å². The molecule has 0 bridgehead atoms. The summed E-state index contributed by atoms with van der Waals surface area (Å²) in [6.07, 6.45) is 2.89. The van der Waals surface area contributed by atoms with E-state index in [4.69, 9.17) is 0 Å². The summed E-state index contributed by atoms with van der Waals surface area (Å²) < 4.78 is 2.76. The average Bonchev–Trinajstić information content (AvgIpc) is 2.89. The zero-order valence-corrected chi connectivity index (χ0v) is 12.0. The van der Waals surface area contributed by atoms with Crippen LogP contribution in [-0.2, 0) is 13.0 Å². The van der Waals surface area contributed by atoms with E-state index in [1.54, 1.807) is 17.5 Å².